The molecule has 1 N–H and O–H groups in total. The van der Waals surface area contributed by atoms with E-state index in [4.69, 9.17) is 18.9 Å². The molecule has 0 spiro atoms. The van der Waals surface area contributed by atoms with Gasteiger partial charge in [-0.1, -0.05) is 39.0 Å². The maximum atomic E-state index is 14.7. The number of benzene rings is 3. The summed E-state index contributed by atoms with van der Waals surface area (Å²) in [6.45, 7) is 6.12. The monoisotopic (exact) mass is 545 g/mol. The molecule has 0 saturated carbocycles. The maximum Gasteiger partial charge on any atom is 0.290 e. The van der Waals surface area contributed by atoms with Crippen LogP contribution in [0.15, 0.2) is 72.5 Å². The summed E-state index contributed by atoms with van der Waals surface area (Å²) < 4.78 is 21.9. The van der Waals surface area contributed by atoms with Gasteiger partial charge in [-0.05, 0) is 59.0 Å². The van der Waals surface area contributed by atoms with Gasteiger partial charge in [-0.3, -0.25) is 9.59 Å². The molecule has 0 saturated heterocycles. The lowest BCUT2D eigenvalue weighted by molar-refractivity contribution is -0.131. The zero-order valence-corrected chi connectivity index (χ0v) is 23.9. The first-order valence-electron chi connectivity index (χ1n) is 12.8. The van der Waals surface area contributed by atoms with Crippen molar-refractivity contribution in [2.24, 2.45) is 0 Å². The van der Waals surface area contributed by atoms with Crippen LogP contribution in [0.4, 0.5) is 0 Å². The second kappa shape index (κ2) is 11.0. The number of carbonyl (C=O) groups is 2. The quantitative estimate of drug-likeness (QED) is 0.351. The van der Waals surface area contributed by atoms with Gasteiger partial charge >= 0.3 is 0 Å². The highest BCUT2D eigenvalue weighted by Crippen LogP contribution is 2.45. The number of Topliss-reactive ketones (excluding diaryl/α,β-unsaturated/α-hetero) is 1. The summed E-state index contributed by atoms with van der Waals surface area (Å²) in [4.78, 5) is 29.6. The predicted octanol–water partition coefficient (Wildman–Crippen LogP) is 5.58. The minimum absolute atomic E-state index is 0.0267. The van der Waals surface area contributed by atoms with Gasteiger partial charge in [-0.15, -0.1) is 0 Å². The van der Waals surface area contributed by atoms with Crippen LogP contribution in [0.3, 0.4) is 0 Å². The molecule has 8 nitrogen and oxygen atoms in total. The fourth-order valence-electron chi connectivity index (χ4n) is 5.07. The third kappa shape index (κ3) is 4.97. The number of methoxy groups -OCH3 is 4. The van der Waals surface area contributed by atoms with Gasteiger partial charge in [0.05, 0.1) is 28.4 Å². The largest absolute Gasteiger partial charge is 0.503 e. The smallest absolute Gasteiger partial charge is 0.290 e. The predicted molar refractivity (Wildman–Crippen MR) is 152 cm³/mol. The number of rotatable bonds is 9. The van der Waals surface area contributed by atoms with Gasteiger partial charge in [0.25, 0.3) is 5.91 Å². The van der Waals surface area contributed by atoms with Crippen molar-refractivity contribution in [1.29, 1.82) is 0 Å². The van der Waals surface area contributed by atoms with Crippen molar-refractivity contribution >= 4 is 11.7 Å². The third-order valence-corrected chi connectivity index (χ3v) is 7.15. The Morgan fingerprint density at radius 1 is 0.850 bits per heavy atom. The number of aliphatic hydroxyl groups excluding tert-OH is 1. The molecule has 1 aliphatic rings. The van der Waals surface area contributed by atoms with E-state index in [1.807, 2.05) is 26.8 Å². The SMILES string of the molecule is COc1cccc(CN2C(=O)C(O)=CC2(C(=O)c2ccc(OC)c(C(C)(C)C)c2)c2ccc(OC)c(OC)c2)c1. The van der Waals surface area contributed by atoms with E-state index in [9.17, 15) is 14.7 Å². The van der Waals surface area contributed by atoms with Crippen molar-refractivity contribution in [2.45, 2.75) is 38.3 Å². The Kier molecular flexibility index (Phi) is 7.82. The van der Waals surface area contributed by atoms with E-state index in [0.717, 1.165) is 11.1 Å². The Morgan fingerprint density at radius 3 is 2.15 bits per heavy atom. The van der Waals surface area contributed by atoms with Crippen LogP contribution in [-0.4, -0.2) is 50.1 Å². The van der Waals surface area contributed by atoms with Crippen LogP contribution in [0.2, 0.25) is 0 Å². The molecule has 0 bridgehead atoms. The number of hydrogen-bond donors (Lipinski definition) is 1. The van der Waals surface area contributed by atoms with Gasteiger partial charge in [0, 0.05) is 23.7 Å². The molecule has 1 unspecified atom stereocenters. The summed E-state index contributed by atoms with van der Waals surface area (Å²) in [5, 5.41) is 10.8. The molecule has 1 amide bonds. The first kappa shape index (κ1) is 28.5. The molecule has 4 rings (SSSR count). The molecular weight excluding hydrogens is 510 g/mol. The van der Waals surface area contributed by atoms with Gasteiger partial charge < -0.3 is 29.0 Å². The fourth-order valence-corrected chi connectivity index (χ4v) is 5.07. The average Bonchev–Trinajstić information content (AvgIpc) is 3.21. The summed E-state index contributed by atoms with van der Waals surface area (Å²) in [5.74, 6) is 0.517. The molecule has 1 heterocycles. The standard InChI is InChI=1S/C32H35NO7/c1-31(2,3)24-16-21(11-13-26(24)38-5)29(35)32(22-12-14-27(39-6)28(17-22)40-7)18-25(34)30(36)33(32)19-20-9-8-10-23(15-20)37-4/h8-18,34H,19H2,1-7H3. The lowest BCUT2D eigenvalue weighted by atomic mass is 9.79. The molecule has 3 aromatic rings. The highest BCUT2D eigenvalue weighted by molar-refractivity contribution is 6.11. The number of ether oxygens (including phenoxy) is 4. The van der Waals surface area contributed by atoms with E-state index < -0.39 is 23.0 Å². The average molecular weight is 546 g/mol. The number of nitrogens with zero attached hydrogens (tertiary/aromatic N) is 1. The zero-order valence-electron chi connectivity index (χ0n) is 23.9. The lowest BCUT2D eigenvalue weighted by Crippen LogP contribution is -2.49. The maximum absolute atomic E-state index is 14.7. The van der Waals surface area contributed by atoms with Gasteiger partial charge in [0.1, 0.15) is 11.5 Å². The molecule has 40 heavy (non-hydrogen) atoms. The van der Waals surface area contributed by atoms with Crippen molar-refractivity contribution < 1.29 is 33.6 Å². The summed E-state index contributed by atoms with van der Waals surface area (Å²) in [6, 6.07) is 17.5. The van der Waals surface area contributed by atoms with Crippen molar-refractivity contribution in [2.75, 3.05) is 28.4 Å². The van der Waals surface area contributed by atoms with E-state index in [0.29, 0.717) is 34.1 Å². The van der Waals surface area contributed by atoms with Crippen molar-refractivity contribution in [3.05, 3.63) is 94.8 Å². The van der Waals surface area contributed by atoms with Gasteiger partial charge in [-0.25, -0.2) is 0 Å². The van der Waals surface area contributed by atoms with Crippen molar-refractivity contribution in [3.8, 4) is 23.0 Å². The first-order chi connectivity index (χ1) is 19.0. The minimum Gasteiger partial charge on any atom is -0.503 e. The Bertz CT molecular complexity index is 1470. The van der Waals surface area contributed by atoms with Crippen molar-refractivity contribution in [3.63, 3.8) is 0 Å². The molecule has 0 aliphatic carbocycles. The topological polar surface area (TPSA) is 94.5 Å². The Labute approximate surface area is 234 Å². The van der Waals surface area contributed by atoms with Gasteiger partial charge in [0.15, 0.2) is 28.6 Å². The highest BCUT2D eigenvalue weighted by Gasteiger charge is 2.53. The molecule has 1 aliphatic heterocycles. The molecular formula is C32H35NO7. The fraction of sp³-hybridized carbons (Fsp3) is 0.312. The van der Waals surface area contributed by atoms with Gasteiger partial charge in [0.2, 0.25) is 0 Å². The molecule has 0 aromatic heterocycles. The summed E-state index contributed by atoms with van der Waals surface area (Å²) in [5.41, 5.74) is 0.326. The van der Waals surface area contributed by atoms with E-state index in [1.165, 1.54) is 25.2 Å². The van der Waals surface area contributed by atoms with Crippen molar-refractivity contribution in [1.82, 2.24) is 4.90 Å². The van der Waals surface area contributed by atoms with Crippen LogP contribution in [0.25, 0.3) is 0 Å². The van der Waals surface area contributed by atoms with E-state index in [1.54, 1.807) is 68.8 Å². The van der Waals surface area contributed by atoms with Crippen LogP contribution >= 0.6 is 0 Å². The highest BCUT2D eigenvalue weighted by atomic mass is 16.5. The lowest BCUT2D eigenvalue weighted by Gasteiger charge is -2.37. The number of ketones is 1. The molecule has 0 radical (unpaired) electrons. The number of hydrogen-bond acceptors (Lipinski definition) is 7. The Morgan fingerprint density at radius 2 is 1.52 bits per heavy atom. The van der Waals surface area contributed by atoms with Crippen LogP contribution in [0.1, 0.15) is 47.8 Å². The summed E-state index contributed by atoms with van der Waals surface area (Å²) >= 11 is 0. The number of aliphatic hydroxyl groups is 1. The van der Waals surface area contributed by atoms with E-state index in [2.05, 4.69) is 0 Å². The third-order valence-electron chi connectivity index (χ3n) is 7.15. The number of amides is 1. The van der Waals surface area contributed by atoms with Crippen LogP contribution in [-0.2, 0) is 22.3 Å². The minimum atomic E-state index is -1.69. The normalized spacial score (nSPS) is 16.9. The summed E-state index contributed by atoms with van der Waals surface area (Å²) in [6.07, 6.45) is 1.32. The summed E-state index contributed by atoms with van der Waals surface area (Å²) in [7, 11) is 6.16. The van der Waals surface area contributed by atoms with E-state index >= 15 is 0 Å². The molecule has 3 aromatic carbocycles. The van der Waals surface area contributed by atoms with Crippen LogP contribution in [0, 0.1) is 0 Å². The molecule has 0 fully saturated rings. The second-order valence-corrected chi connectivity index (χ2v) is 10.6. The first-order valence-corrected chi connectivity index (χ1v) is 12.8. The Balaban J connectivity index is 1.97. The van der Waals surface area contributed by atoms with Crippen LogP contribution in [0.5, 0.6) is 23.0 Å². The second-order valence-electron chi connectivity index (χ2n) is 10.6. The van der Waals surface area contributed by atoms with E-state index in [-0.39, 0.29) is 12.0 Å². The van der Waals surface area contributed by atoms with Gasteiger partial charge in [-0.2, -0.15) is 0 Å². The Hall–Kier alpha value is -4.46. The van der Waals surface area contributed by atoms with Crippen LogP contribution < -0.4 is 18.9 Å². The molecule has 1 atom stereocenters. The number of carbonyl (C=O) groups excluding carboxylic acids is 2. The molecule has 8 heteroatoms. The molecule has 210 valence electrons. The zero-order chi connectivity index (χ0) is 29.2.